The molecule has 1 N–H and O–H groups in total. The largest absolute Gasteiger partial charge is 0.492 e. The van der Waals surface area contributed by atoms with Gasteiger partial charge in [-0.25, -0.2) is 0 Å². The number of hydrogen-bond acceptors (Lipinski definition) is 8. The van der Waals surface area contributed by atoms with Crippen LogP contribution in [0.4, 0.5) is 0 Å². The van der Waals surface area contributed by atoms with Gasteiger partial charge in [0.15, 0.2) is 11.5 Å². The maximum atomic E-state index is 12.7. The van der Waals surface area contributed by atoms with Crippen molar-refractivity contribution in [1.29, 1.82) is 0 Å². The number of thiazole rings is 1. The lowest BCUT2D eigenvalue weighted by atomic mass is 10.0. The van der Waals surface area contributed by atoms with Gasteiger partial charge in [0.05, 0.1) is 23.4 Å². The number of aromatic nitrogens is 3. The minimum Gasteiger partial charge on any atom is -0.492 e. The number of carbonyl (C=O) groups excluding carboxylic acids is 1. The fourth-order valence-electron chi connectivity index (χ4n) is 4.35. The van der Waals surface area contributed by atoms with E-state index in [0.717, 1.165) is 14.9 Å². The minimum absolute atomic E-state index is 0.0531. The van der Waals surface area contributed by atoms with Crippen molar-refractivity contribution in [3.8, 4) is 17.5 Å². The average Bonchev–Trinajstić information content (AvgIpc) is 3.68. The van der Waals surface area contributed by atoms with E-state index in [-0.39, 0.29) is 17.8 Å². The van der Waals surface area contributed by atoms with E-state index in [9.17, 15) is 9.90 Å². The van der Waals surface area contributed by atoms with Crippen molar-refractivity contribution in [2.45, 2.75) is 6.04 Å². The summed E-state index contributed by atoms with van der Waals surface area (Å²) in [7, 11) is 0. The van der Waals surface area contributed by atoms with Crippen LogP contribution < -0.4 is 0 Å². The molecule has 0 saturated carbocycles. The number of benzene rings is 1. The number of nitrogens with zero attached hydrogens (tertiary/aromatic N) is 5. The van der Waals surface area contributed by atoms with E-state index in [2.05, 4.69) is 30.9 Å². The number of halogens is 1. The first-order valence-corrected chi connectivity index (χ1v) is 12.6. The molecule has 1 aliphatic rings. The van der Waals surface area contributed by atoms with Crippen molar-refractivity contribution in [2.24, 2.45) is 0 Å². The normalized spacial score (nSPS) is 15.6. The van der Waals surface area contributed by atoms with E-state index in [1.54, 1.807) is 35.4 Å². The Morgan fingerprint density at radius 1 is 1.03 bits per heavy atom. The molecule has 9 nitrogen and oxygen atoms in total. The molecule has 1 fully saturated rings. The maximum absolute atomic E-state index is 12.7. The molecular weight excluding hydrogens is 534 g/mol. The number of carbonyl (C=O) groups is 1. The summed E-state index contributed by atoms with van der Waals surface area (Å²) in [6.07, 6.45) is 3.07. The van der Waals surface area contributed by atoms with E-state index in [4.69, 9.17) is 8.83 Å². The third-order valence-electron chi connectivity index (χ3n) is 6.07. The molecule has 6 rings (SSSR count). The highest BCUT2D eigenvalue weighted by Gasteiger charge is 2.33. The van der Waals surface area contributed by atoms with E-state index in [1.807, 2.05) is 24.3 Å². The highest BCUT2D eigenvalue weighted by atomic mass is 79.9. The Morgan fingerprint density at radius 2 is 1.77 bits per heavy atom. The Labute approximate surface area is 212 Å². The summed E-state index contributed by atoms with van der Waals surface area (Å²) in [6, 6.07) is 14.8. The second-order valence-electron chi connectivity index (χ2n) is 8.16. The number of amides is 1. The van der Waals surface area contributed by atoms with Gasteiger partial charge in [-0.15, -0.1) is 5.10 Å². The Kier molecular flexibility index (Phi) is 5.67. The molecule has 1 unspecified atom stereocenters. The Bertz CT molecular complexity index is 1450. The molecule has 1 aromatic carbocycles. The van der Waals surface area contributed by atoms with Gasteiger partial charge in [-0.3, -0.25) is 9.69 Å². The third-order valence-corrected chi connectivity index (χ3v) is 7.68. The van der Waals surface area contributed by atoms with Gasteiger partial charge in [0.25, 0.3) is 5.91 Å². The summed E-state index contributed by atoms with van der Waals surface area (Å²) in [6.45, 7) is 2.38. The van der Waals surface area contributed by atoms with E-state index >= 15 is 0 Å². The second-order valence-corrected chi connectivity index (χ2v) is 10.1. The smallest absolute Gasteiger partial charge is 0.289 e. The first kappa shape index (κ1) is 22.1. The fraction of sp³-hybridized carbons (Fsp3) is 0.208. The van der Waals surface area contributed by atoms with Gasteiger partial charge >= 0.3 is 0 Å². The van der Waals surface area contributed by atoms with Gasteiger partial charge in [0.2, 0.25) is 16.7 Å². The Morgan fingerprint density at radius 3 is 2.43 bits per heavy atom. The van der Waals surface area contributed by atoms with Gasteiger partial charge in [0.1, 0.15) is 0 Å². The fourth-order valence-corrected chi connectivity index (χ4v) is 5.73. The van der Waals surface area contributed by atoms with Crippen molar-refractivity contribution >= 4 is 38.1 Å². The molecule has 4 aromatic heterocycles. The maximum Gasteiger partial charge on any atom is 0.289 e. The lowest BCUT2D eigenvalue weighted by Crippen LogP contribution is -2.49. The van der Waals surface area contributed by atoms with Gasteiger partial charge in [0, 0.05) is 30.7 Å². The van der Waals surface area contributed by atoms with E-state index in [1.165, 1.54) is 22.1 Å². The topological polar surface area (TPSA) is 100 Å². The highest BCUT2D eigenvalue weighted by molar-refractivity contribution is 9.10. The molecule has 5 heterocycles. The van der Waals surface area contributed by atoms with E-state index < -0.39 is 0 Å². The number of aromatic hydroxyl groups is 1. The summed E-state index contributed by atoms with van der Waals surface area (Å²) in [5.41, 5.74) is 1.03. The van der Waals surface area contributed by atoms with Crippen LogP contribution in [0.15, 0.2) is 74.4 Å². The predicted octanol–water partition coefficient (Wildman–Crippen LogP) is 4.66. The monoisotopic (exact) mass is 553 g/mol. The van der Waals surface area contributed by atoms with Crippen molar-refractivity contribution in [3.05, 3.63) is 81.7 Å². The second kappa shape index (κ2) is 8.99. The molecule has 0 bridgehead atoms. The van der Waals surface area contributed by atoms with Crippen molar-refractivity contribution in [3.63, 3.8) is 0 Å². The number of hydrogen-bond donors (Lipinski definition) is 1. The lowest BCUT2D eigenvalue weighted by Gasteiger charge is -2.38. The number of furan rings is 2. The molecule has 1 amide bonds. The van der Waals surface area contributed by atoms with Gasteiger partial charge < -0.3 is 18.8 Å². The number of rotatable bonds is 5. The molecular formula is C24H20BrN5O4S. The lowest BCUT2D eigenvalue weighted by molar-refractivity contribution is 0.0568. The molecule has 0 radical (unpaired) electrons. The zero-order chi connectivity index (χ0) is 23.9. The van der Waals surface area contributed by atoms with Crippen LogP contribution in [0.25, 0.3) is 16.5 Å². The molecule has 1 aliphatic heterocycles. The summed E-state index contributed by atoms with van der Waals surface area (Å²) < 4.78 is 13.1. The van der Waals surface area contributed by atoms with Crippen LogP contribution in [-0.4, -0.2) is 61.6 Å². The summed E-state index contributed by atoms with van der Waals surface area (Å²) in [5, 5.41) is 15.7. The minimum atomic E-state index is -0.218. The molecule has 0 aliphatic carbocycles. The van der Waals surface area contributed by atoms with Gasteiger partial charge in [-0.05, 0) is 42.0 Å². The molecule has 35 heavy (non-hydrogen) atoms. The first-order valence-electron chi connectivity index (χ1n) is 11.0. The Balaban J connectivity index is 1.32. The number of piperazine rings is 1. The van der Waals surface area contributed by atoms with Crippen LogP contribution in [0.2, 0.25) is 0 Å². The van der Waals surface area contributed by atoms with E-state index in [0.29, 0.717) is 48.5 Å². The molecule has 1 atom stereocenters. The van der Waals surface area contributed by atoms with Crippen molar-refractivity contribution in [1.82, 2.24) is 24.4 Å². The Hall–Kier alpha value is -3.41. The molecule has 5 aromatic rings. The summed E-state index contributed by atoms with van der Waals surface area (Å²) in [4.78, 5) is 22.7. The average molecular weight is 554 g/mol. The van der Waals surface area contributed by atoms with Crippen LogP contribution in [0.1, 0.15) is 27.0 Å². The molecule has 0 spiro atoms. The number of fused-ring (bicyclic) bond motifs is 1. The predicted molar refractivity (Wildman–Crippen MR) is 132 cm³/mol. The van der Waals surface area contributed by atoms with Gasteiger partial charge in [-0.1, -0.05) is 39.4 Å². The third kappa shape index (κ3) is 4.05. The van der Waals surface area contributed by atoms with Crippen LogP contribution in [0, 0.1) is 0 Å². The van der Waals surface area contributed by atoms with Crippen LogP contribution in [0.5, 0.6) is 5.88 Å². The van der Waals surface area contributed by atoms with Crippen LogP contribution in [0.3, 0.4) is 0 Å². The summed E-state index contributed by atoms with van der Waals surface area (Å²) >= 11 is 4.90. The molecule has 11 heteroatoms. The zero-order valence-corrected chi connectivity index (χ0v) is 20.8. The quantitative estimate of drug-likeness (QED) is 0.337. The van der Waals surface area contributed by atoms with Crippen molar-refractivity contribution < 1.29 is 18.7 Å². The zero-order valence-electron chi connectivity index (χ0n) is 18.4. The molecule has 178 valence electrons. The molecule has 1 saturated heterocycles. The standard InChI is InChI=1S/C24H20BrN5O4S/c25-16-7-5-15(6-8-16)19(28-9-11-29(12-10-28)22(31)18-4-2-14-34-18)20-23(32)30-24(35-20)26-21(27-30)17-3-1-13-33-17/h1-8,13-14,19,32H,9-12H2. The van der Waals surface area contributed by atoms with Crippen molar-refractivity contribution in [2.75, 3.05) is 26.2 Å². The SMILES string of the molecule is O=C(c1ccco1)N1CCN(C(c2ccc(Br)cc2)c2sc3nc(-c4ccco4)nn3c2O)CC1. The van der Waals surface area contributed by atoms with Gasteiger partial charge in [-0.2, -0.15) is 9.50 Å². The first-order chi connectivity index (χ1) is 17.1. The summed E-state index contributed by atoms with van der Waals surface area (Å²) in [5.74, 6) is 1.26. The van der Waals surface area contributed by atoms with Crippen LogP contribution >= 0.6 is 27.3 Å². The van der Waals surface area contributed by atoms with Crippen LogP contribution in [-0.2, 0) is 0 Å². The highest BCUT2D eigenvalue weighted by Crippen LogP contribution is 2.41.